The van der Waals surface area contributed by atoms with Gasteiger partial charge in [-0.15, -0.1) is 5.10 Å². The van der Waals surface area contributed by atoms with Crippen molar-refractivity contribution < 1.29 is 47.6 Å². The van der Waals surface area contributed by atoms with E-state index >= 15 is 0 Å². The van der Waals surface area contributed by atoms with Crippen LogP contribution in [0.3, 0.4) is 0 Å². The van der Waals surface area contributed by atoms with E-state index in [4.69, 9.17) is 28.4 Å². The summed E-state index contributed by atoms with van der Waals surface area (Å²) in [7, 11) is 0. The van der Waals surface area contributed by atoms with Gasteiger partial charge in [-0.2, -0.15) is 0 Å². The van der Waals surface area contributed by atoms with Gasteiger partial charge in [0.1, 0.15) is 12.7 Å². The molecule has 13 nitrogen and oxygen atoms in total. The first kappa shape index (κ1) is 41.2. The quantitative estimate of drug-likeness (QED) is 0.182. The van der Waals surface area contributed by atoms with Gasteiger partial charge < -0.3 is 28.4 Å². The Morgan fingerprint density at radius 3 is 1.75 bits per heavy atom. The van der Waals surface area contributed by atoms with Gasteiger partial charge in [-0.3, -0.25) is 24.3 Å². The molecule has 0 spiro atoms. The van der Waals surface area contributed by atoms with Gasteiger partial charge in [0.2, 0.25) is 18.3 Å². The molecule has 2 aromatic heterocycles. The Kier molecular flexibility index (Phi) is 12.3. The minimum atomic E-state index is -1.49. The molecule has 290 valence electrons. The molecule has 3 heterocycles. The van der Waals surface area contributed by atoms with Crippen LogP contribution in [0.25, 0.3) is 11.0 Å². The monoisotopic (exact) mass is 737 g/mol. The second kappa shape index (κ2) is 15.8. The van der Waals surface area contributed by atoms with Crippen LogP contribution in [0, 0.1) is 21.7 Å². The number of nitrogens with zero attached hydrogens (tertiary/aromatic N) is 2. The number of H-pyrrole nitrogens is 1. The number of pyridine rings is 1. The third-order valence-corrected chi connectivity index (χ3v) is 8.42. The molecule has 0 radical (unpaired) electrons. The van der Waals surface area contributed by atoms with Gasteiger partial charge in [0.15, 0.2) is 17.9 Å². The fourth-order valence-corrected chi connectivity index (χ4v) is 5.10. The van der Waals surface area contributed by atoms with Crippen LogP contribution in [-0.2, 0) is 55.7 Å². The van der Waals surface area contributed by atoms with Crippen molar-refractivity contribution in [2.75, 3.05) is 6.61 Å². The van der Waals surface area contributed by atoms with Gasteiger partial charge in [-0.05, 0) is 113 Å². The van der Waals surface area contributed by atoms with E-state index in [1.165, 1.54) is 0 Å². The number of nitrogens with one attached hydrogen (secondary N) is 1. The molecule has 1 fully saturated rings. The largest absolute Gasteiger partial charge is 0.462 e. The van der Waals surface area contributed by atoms with E-state index in [-0.39, 0.29) is 5.88 Å². The van der Waals surface area contributed by atoms with Crippen molar-refractivity contribution in [2.24, 2.45) is 21.7 Å². The lowest BCUT2D eigenvalue weighted by Crippen LogP contribution is -2.65. The molecule has 1 saturated heterocycles. The van der Waals surface area contributed by atoms with Crippen molar-refractivity contribution in [3.8, 4) is 5.88 Å². The van der Waals surface area contributed by atoms with Crippen LogP contribution in [0.15, 0.2) is 42.6 Å². The van der Waals surface area contributed by atoms with Gasteiger partial charge in [-0.25, -0.2) is 4.98 Å². The van der Waals surface area contributed by atoms with Crippen LogP contribution in [0.2, 0.25) is 0 Å². The first-order valence-electron chi connectivity index (χ1n) is 18.0. The molecular weight excluding hydrogens is 682 g/mol. The number of aromatic amines is 1. The molecule has 0 aliphatic carbocycles. The van der Waals surface area contributed by atoms with Crippen molar-refractivity contribution in [3.63, 3.8) is 0 Å². The molecule has 13 heteroatoms. The highest BCUT2D eigenvalue weighted by Crippen LogP contribution is 2.36. The highest BCUT2D eigenvalue weighted by molar-refractivity contribution is 5.84. The van der Waals surface area contributed by atoms with Gasteiger partial charge in [0.25, 0.3) is 0 Å². The molecule has 1 aliphatic heterocycles. The van der Waals surface area contributed by atoms with E-state index in [1.54, 1.807) is 89.3 Å². The summed E-state index contributed by atoms with van der Waals surface area (Å²) in [5.41, 5.74) is -1.42. The summed E-state index contributed by atoms with van der Waals surface area (Å²) in [5.74, 6) is -2.43. The zero-order chi connectivity index (χ0) is 39.5. The van der Waals surface area contributed by atoms with E-state index in [2.05, 4.69) is 15.2 Å². The predicted molar refractivity (Wildman–Crippen MR) is 195 cm³/mol. The van der Waals surface area contributed by atoms with E-state index in [0.29, 0.717) is 17.5 Å². The first-order valence-corrected chi connectivity index (χ1v) is 18.0. The van der Waals surface area contributed by atoms with E-state index < -0.39 is 82.8 Å². The van der Waals surface area contributed by atoms with E-state index in [1.807, 2.05) is 36.4 Å². The fourth-order valence-electron chi connectivity index (χ4n) is 5.10. The summed E-state index contributed by atoms with van der Waals surface area (Å²) in [6.45, 7) is 19.7. The number of aromatic nitrogens is 3. The summed E-state index contributed by atoms with van der Waals surface area (Å²) in [6, 6.07) is 11.9. The summed E-state index contributed by atoms with van der Waals surface area (Å²) in [6.07, 6.45) is -4.04. The maximum atomic E-state index is 13.6. The Morgan fingerprint density at radius 2 is 1.21 bits per heavy atom. The number of benzene rings is 1. The van der Waals surface area contributed by atoms with Gasteiger partial charge >= 0.3 is 23.9 Å². The van der Waals surface area contributed by atoms with Crippen molar-refractivity contribution in [1.29, 1.82) is 0 Å². The van der Waals surface area contributed by atoms with Crippen LogP contribution in [0.4, 0.5) is 0 Å². The van der Waals surface area contributed by atoms with Gasteiger partial charge in [0, 0.05) is 6.20 Å². The second-order valence-electron chi connectivity index (χ2n) is 17.6. The highest BCUT2D eigenvalue weighted by atomic mass is 16.7. The number of fused-ring (bicyclic) bond motifs is 1. The van der Waals surface area contributed by atoms with Crippen LogP contribution in [0.5, 0.6) is 5.88 Å². The van der Waals surface area contributed by atoms with Crippen LogP contribution >= 0.6 is 0 Å². The number of hydrogen-bond acceptors (Lipinski definition) is 12. The van der Waals surface area contributed by atoms with E-state index in [9.17, 15) is 19.2 Å². The molecule has 3 aromatic rings. The SMILES string of the molecule is CC(C)(C)C(=O)OC[C@H]1O[C@@H](Oc2n[nH]c3nccc(CCc4ccccc4)c23)[C@H](OC(=O)C(C)(C)C)[C@@H](OC(=O)C(C)(C)C)[C@@H]1OC(=O)C(C)(C)C. The lowest BCUT2D eigenvalue weighted by molar-refractivity contribution is -0.294. The van der Waals surface area contributed by atoms with Crippen LogP contribution in [0.1, 0.15) is 94.2 Å². The zero-order valence-corrected chi connectivity index (χ0v) is 33.0. The number of esters is 4. The molecule has 53 heavy (non-hydrogen) atoms. The average Bonchev–Trinajstić information content (AvgIpc) is 3.46. The molecule has 5 atom stereocenters. The summed E-state index contributed by atoms with van der Waals surface area (Å²) >= 11 is 0. The molecule has 4 rings (SSSR count). The summed E-state index contributed by atoms with van der Waals surface area (Å²) in [4.78, 5) is 58.2. The van der Waals surface area contributed by atoms with Crippen molar-refractivity contribution in [3.05, 3.63) is 53.7 Å². The first-order chi connectivity index (χ1) is 24.5. The van der Waals surface area contributed by atoms with Gasteiger partial charge in [0.05, 0.1) is 27.0 Å². The third-order valence-electron chi connectivity index (χ3n) is 8.42. The van der Waals surface area contributed by atoms with Crippen molar-refractivity contribution in [1.82, 2.24) is 15.2 Å². The molecule has 1 aromatic carbocycles. The normalized spacial score (nSPS) is 21.1. The number of rotatable bonds is 10. The number of hydrogen-bond donors (Lipinski definition) is 1. The number of carbonyl (C=O) groups excluding carboxylic acids is 4. The topological polar surface area (TPSA) is 165 Å². The lowest BCUT2D eigenvalue weighted by atomic mass is 9.93. The summed E-state index contributed by atoms with van der Waals surface area (Å²) < 4.78 is 36.9. The molecular formula is C40H55N3O10. The number of ether oxygens (including phenoxy) is 6. The smallest absolute Gasteiger partial charge is 0.311 e. The average molecular weight is 738 g/mol. The predicted octanol–water partition coefficient (Wildman–Crippen LogP) is 6.31. The maximum absolute atomic E-state index is 13.6. The van der Waals surface area contributed by atoms with Crippen molar-refractivity contribution >= 4 is 34.9 Å². The Hall–Kier alpha value is -4.52. The molecule has 1 aliphatic rings. The van der Waals surface area contributed by atoms with Gasteiger partial charge in [-0.1, -0.05) is 30.3 Å². The third kappa shape index (κ3) is 10.6. The standard InChI is InChI=1S/C40H55N3O10/c1-37(2,3)33(44)48-22-25-27(50-34(45)38(4,5)6)28(51-35(46)39(7,8)9)29(52-36(47)40(10,11)12)32(49-25)53-31-26-24(20-21-41-30(26)42-43-31)19-18-23-16-14-13-15-17-23/h13-17,20-21,25,27-29,32H,18-19,22H2,1-12H3,(H,41,42,43)/t25-,27-,28+,29-,32+/m1/s1. The second-order valence-corrected chi connectivity index (χ2v) is 17.6. The van der Waals surface area contributed by atoms with Crippen LogP contribution < -0.4 is 4.74 Å². The zero-order valence-electron chi connectivity index (χ0n) is 33.0. The Bertz CT molecular complexity index is 1760. The Morgan fingerprint density at radius 1 is 0.679 bits per heavy atom. The molecule has 1 N–H and O–H groups in total. The lowest BCUT2D eigenvalue weighted by Gasteiger charge is -2.45. The number of carbonyl (C=O) groups is 4. The van der Waals surface area contributed by atoms with E-state index in [0.717, 1.165) is 17.5 Å². The molecule has 0 amide bonds. The fraction of sp³-hybridized carbons (Fsp3) is 0.600. The number of aryl methyl sites for hydroxylation is 2. The molecule has 0 saturated carbocycles. The summed E-state index contributed by atoms with van der Waals surface area (Å²) in [5, 5.41) is 7.90. The van der Waals surface area contributed by atoms with Crippen LogP contribution in [-0.4, -0.2) is 76.4 Å². The molecule has 0 unspecified atom stereocenters. The minimum absolute atomic E-state index is 0.0921. The maximum Gasteiger partial charge on any atom is 0.311 e. The van der Waals surface area contributed by atoms with Crippen molar-refractivity contribution in [2.45, 2.75) is 127 Å². The molecule has 0 bridgehead atoms. The Labute approximate surface area is 311 Å². The highest BCUT2D eigenvalue weighted by Gasteiger charge is 2.56. The Balaban J connectivity index is 1.84. The minimum Gasteiger partial charge on any atom is -0.462 e.